The van der Waals surface area contributed by atoms with Gasteiger partial charge >= 0.3 is 0 Å². The molecule has 2 aromatic carbocycles. The van der Waals surface area contributed by atoms with Crippen LogP contribution in [-0.4, -0.2) is 17.0 Å². The highest BCUT2D eigenvalue weighted by Crippen LogP contribution is 2.26. The van der Waals surface area contributed by atoms with E-state index in [4.69, 9.17) is 16.3 Å². The van der Waals surface area contributed by atoms with Gasteiger partial charge in [-0.25, -0.2) is 9.37 Å². The number of anilines is 1. The Morgan fingerprint density at radius 1 is 1.27 bits per heavy atom. The van der Waals surface area contributed by atoms with Crippen molar-refractivity contribution in [3.63, 3.8) is 0 Å². The number of amides is 1. The van der Waals surface area contributed by atoms with Crippen LogP contribution in [0.2, 0.25) is 5.02 Å². The predicted octanol–water partition coefficient (Wildman–Crippen LogP) is 5.32. The molecule has 0 aliphatic rings. The SMILES string of the molecule is Cc1cc(Cl)ccc1OC(C)C(=O)Nc1nc(-c2ccc(F)cc2)cs1. The number of benzene rings is 2. The molecule has 7 heteroatoms. The maximum Gasteiger partial charge on any atom is 0.266 e. The smallest absolute Gasteiger partial charge is 0.266 e. The zero-order valence-corrected chi connectivity index (χ0v) is 15.7. The van der Waals surface area contributed by atoms with Crippen molar-refractivity contribution in [2.24, 2.45) is 0 Å². The number of aryl methyl sites for hydroxylation is 1. The molecule has 0 saturated heterocycles. The number of carbonyl (C=O) groups excluding carboxylic acids is 1. The number of thiazole rings is 1. The molecule has 0 aliphatic carbocycles. The van der Waals surface area contributed by atoms with E-state index in [1.54, 1.807) is 42.6 Å². The number of nitrogens with one attached hydrogen (secondary N) is 1. The molecule has 0 radical (unpaired) electrons. The number of halogens is 2. The predicted molar refractivity (Wildman–Crippen MR) is 102 cm³/mol. The third-order valence-corrected chi connectivity index (χ3v) is 4.68. The molecular weight excluding hydrogens is 375 g/mol. The lowest BCUT2D eigenvalue weighted by Gasteiger charge is -2.15. The van der Waals surface area contributed by atoms with Crippen LogP contribution in [0.5, 0.6) is 5.75 Å². The monoisotopic (exact) mass is 390 g/mol. The van der Waals surface area contributed by atoms with E-state index in [0.29, 0.717) is 21.6 Å². The van der Waals surface area contributed by atoms with Gasteiger partial charge in [-0.1, -0.05) is 11.6 Å². The van der Waals surface area contributed by atoms with E-state index in [0.717, 1.165) is 11.1 Å². The van der Waals surface area contributed by atoms with Crippen molar-refractivity contribution >= 4 is 34.0 Å². The van der Waals surface area contributed by atoms with Crippen molar-refractivity contribution in [2.45, 2.75) is 20.0 Å². The number of rotatable bonds is 5. The standard InChI is InChI=1S/C19H16ClFN2O2S/c1-11-9-14(20)5-8-17(11)25-12(2)18(24)23-19-22-16(10-26-19)13-3-6-15(21)7-4-13/h3-10,12H,1-2H3,(H,22,23,24). The van der Waals surface area contributed by atoms with Gasteiger partial charge in [-0.05, 0) is 61.9 Å². The molecule has 0 spiro atoms. The fourth-order valence-corrected chi connectivity index (χ4v) is 3.23. The molecule has 0 fully saturated rings. The fraction of sp³-hybridized carbons (Fsp3) is 0.158. The first-order valence-corrected chi connectivity index (χ1v) is 9.13. The number of hydrogen-bond acceptors (Lipinski definition) is 4. The Morgan fingerprint density at radius 2 is 2.00 bits per heavy atom. The molecule has 1 heterocycles. The van der Waals surface area contributed by atoms with Crippen molar-refractivity contribution in [1.82, 2.24) is 4.98 Å². The minimum atomic E-state index is -0.701. The van der Waals surface area contributed by atoms with E-state index in [1.807, 2.05) is 6.92 Å². The average Bonchev–Trinajstić information content (AvgIpc) is 3.06. The van der Waals surface area contributed by atoms with Crippen LogP contribution in [0.3, 0.4) is 0 Å². The summed E-state index contributed by atoms with van der Waals surface area (Å²) < 4.78 is 18.7. The van der Waals surface area contributed by atoms with Gasteiger partial charge in [-0.2, -0.15) is 0 Å². The van der Waals surface area contributed by atoms with Crippen molar-refractivity contribution < 1.29 is 13.9 Å². The molecule has 1 N–H and O–H groups in total. The lowest BCUT2D eigenvalue weighted by atomic mass is 10.2. The van der Waals surface area contributed by atoms with Gasteiger partial charge in [0, 0.05) is 16.0 Å². The zero-order valence-electron chi connectivity index (χ0n) is 14.1. The second-order valence-corrected chi connectivity index (χ2v) is 7.00. The lowest BCUT2D eigenvalue weighted by molar-refractivity contribution is -0.122. The Hall–Kier alpha value is -2.44. The molecule has 1 aromatic heterocycles. The Kier molecular flexibility index (Phi) is 5.54. The highest BCUT2D eigenvalue weighted by atomic mass is 35.5. The summed E-state index contributed by atoms with van der Waals surface area (Å²) in [5.74, 6) is -0.0106. The maximum atomic E-state index is 13.0. The number of nitrogens with zero attached hydrogens (tertiary/aromatic N) is 1. The molecule has 1 atom stereocenters. The molecule has 26 heavy (non-hydrogen) atoms. The van der Waals surface area contributed by atoms with E-state index in [-0.39, 0.29) is 11.7 Å². The van der Waals surface area contributed by atoms with Crippen LogP contribution in [0.25, 0.3) is 11.3 Å². The Balaban J connectivity index is 1.65. The summed E-state index contributed by atoms with van der Waals surface area (Å²) in [5.41, 5.74) is 2.31. The first-order chi connectivity index (χ1) is 12.4. The van der Waals surface area contributed by atoms with E-state index < -0.39 is 6.10 Å². The van der Waals surface area contributed by atoms with Gasteiger partial charge in [-0.15, -0.1) is 11.3 Å². The molecule has 4 nitrogen and oxygen atoms in total. The van der Waals surface area contributed by atoms with Gasteiger partial charge in [0.15, 0.2) is 11.2 Å². The largest absolute Gasteiger partial charge is 0.481 e. The van der Waals surface area contributed by atoms with Gasteiger partial charge in [0.25, 0.3) is 5.91 Å². The van der Waals surface area contributed by atoms with Gasteiger partial charge in [-0.3, -0.25) is 10.1 Å². The summed E-state index contributed by atoms with van der Waals surface area (Å²) in [6, 6.07) is 11.3. The van der Waals surface area contributed by atoms with Crippen molar-refractivity contribution in [2.75, 3.05) is 5.32 Å². The molecule has 1 amide bonds. The van der Waals surface area contributed by atoms with Crippen LogP contribution >= 0.6 is 22.9 Å². The minimum absolute atomic E-state index is 0.305. The topological polar surface area (TPSA) is 51.2 Å². The summed E-state index contributed by atoms with van der Waals surface area (Å²) in [6.07, 6.45) is -0.701. The quantitative estimate of drug-likeness (QED) is 0.641. The average molecular weight is 391 g/mol. The van der Waals surface area contributed by atoms with Crippen molar-refractivity contribution in [1.29, 1.82) is 0 Å². The summed E-state index contributed by atoms with van der Waals surface area (Å²) in [4.78, 5) is 16.7. The normalized spacial score (nSPS) is 11.8. The number of aromatic nitrogens is 1. The van der Waals surface area contributed by atoms with Crippen LogP contribution in [0.15, 0.2) is 47.8 Å². The van der Waals surface area contributed by atoms with Crippen LogP contribution < -0.4 is 10.1 Å². The Morgan fingerprint density at radius 3 is 2.69 bits per heavy atom. The van der Waals surface area contributed by atoms with Crippen LogP contribution in [0, 0.1) is 12.7 Å². The third kappa shape index (κ3) is 4.39. The zero-order chi connectivity index (χ0) is 18.7. The molecule has 0 saturated carbocycles. The van der Waals surface area contributed by atoms with Gasteiger partial charge in [0.1, 0.15) is 11.6 Å². The number of hydrogen-bond donors (Lipinski definition) is 1. The van der Waals surface area contributed by atoms with Gasteiger partial charge in [0.2, 0.25) is 0 Å². The minimum Gasteiger partial charge on any atom is -0.481 e. The molecule has 3 aromatic rings. The van der Waals surface area contributed by atoms with Crippen LogP contribution in [-0.2, 0) is 4.79 Å². The summed E-state index contributed by atoms with van der Waals surface area (Å²) in [5, 5.41) is 5.61. The highest BCUT2D eigenvalue weighted by molar-refractivity contribution is 7.14. The molecule has 1 unspecified atom stereocenters. The van der Waals surface area contributed by atoms with E-state index in [9.17, 15) is 9.18 Å². The molecule has 0 aliphatic heterocycles. The molecular formula is C19H16ClFN2O2S. The second-order valence-electron chi connectivity index (χ2n) is 5.70. The van der Waals surface area contributed by atoms with Crippen LogP contribution in [0.4, 0.5) is 9.52 Å². The maximum absolute atomic E-state index is 13.0. The van der Waals surface area contributed by atoms with Crippen molar-refractivity contribution in [3.8, 4) is 17.0 Å². The van der Waals surface area contributed by atoms with Crippen LogP contribution in [0.1, 0.15) is 12.5 Å². The summed E-state index contributed by atoms with van der Waals surface area (Å²) in [6.45, 7) is 3.53. The Bertz CT molecular complexity index is 928. The van der Waals surface area contributed by atoms with Gasteiger partial charge in [0.05, 0.1) is 5.69 Å². The van der Waals surface area contributed by atoms with E-state index in [2.05, 4.69) is 10.3 Å². The van der Waals surface area contributed by atoms with E-state index in [1.165, 1.54) is 23.5 Å². The van der Waals surface area contributed by atoms with E-state index >= 15 is 0 Å². The first kappa shape index (κ1) is 18.4. The Labute approximate surface area is 159 Å². The molecule has 134 valence electrons. The van der Waals surface area contributed by atoms with Gasteiger partial charge < -0.3 is 4.74 Å². The third-order valence-electron chi connectivity index (χ3n) is 3.68. The second kappa shape index (κ2) is 7.85. The first-order valence-electron chi connectivity index (χ1n) is 7.87. The number of ether oxygens (including phenoxy) is 1. The number of carbonyl (C=O) groups is 1. The summed E-state index contributed by atoms with van der Waals surface area (Å²) >= 11 is 7.22. The van der Waals surface area contributed by atoms with Crippen molar-refractivity contribution in [3.05, 3.63) is 64.2 Å². The summed E-state index contributed by atoms with van der Waals surface area (Å²) in [7, 11) is 0. The molecule has 3 rings (SSSR count). The molecule has 0 bridgehead atoms. The highest BCUT2D eigenvalue weighted by Gasteiger charge is 2.17. The fourth-order valence-electron chi connectivity index (χ4n) is 2.28. The lowest BCUT2D eigenvalue weighted by Crippen LogP contribution is -2.30.